The van der Waals surface area contributed by atoms with E-state index in [1.807, 2.05) is 0 Å². The molecule has 1 fully saturated rings. The van der Waals surface area contributed by atoms with Crippen LogP contribution in [0.2, 0.25) is 0 Å². The second-order valence-electron chi connectivity index (χ2n) is 4.85. The number of H-pyrrole nitrogens is 1. The minimum absolute atomic E-state index is 0.614. The van der Waals surface area contributed by atoms with Crippen LogP contribution in [-0.2, 0) is 6.42 Å². The molecule has 0 atom stereocenters. The van der Waals surface area contributed by atoms with E-state index in [0.717, 1.165) is 30.4 Å². The topological polar surface area (TPSA) is 41.6 Å². The summed E-state index contributed by atoms with van der Waals surface area (Å²) >= 11 is 0. The molecule has 0 aliphatic heterocycles. The summed E-state index contributed by atoms with van der Waals surface area (Å²) in [6.07, 6.45) is 7.37. The monoisotopic (exact) mass is 207 g/mol. The molecule has 1 aromatic rings. The molecule has 1 N–H and O–H groups in total. The fourth-order valence-corrected chi connectivity index (χ4v) is 2.36. The zero-order chi connectivity index (χ0) is 10.7. The van der Waals surface area contributed by atoms with Crippen molar-refractivity contribution in [3.8, 4) is 0 Å². The summed E-state index contributed by atoms with van der Waals surface area (Å²) < 4.78 is 0. The van der Waals surface area contributed by atoms with Crippen LogP contribution in [0.5, 0.6) is 0 Å². The van der Waals surface area contributed by atoms with Gasteiger partial charge in [0.05, 0.1) is 0 Å². The molecule has 0 bridgehead atoms. The molecule has 0 amide bonds. The molecular formula is C12H21N3. The molecule has 1 saturated carbocycles. The van der Waals surface area contributed by atoms with Crippen molar-refractivity contribution in [1.82, 2.24) is 15.2 Å². The second kappa shape index (κ2) is 4.77. The highest BCUT2D eigenvalue weighted by molar-refractivity contribution is 4.99. The van der Waals surface area contributed by atoms with Gasteiger partial charge in [-0.2, -0.15) is 5.10 Å². The Labute approximate surface area is 91.7 Å². The Bertz CT molecular complexity index is 298. The summed E-state index contributed by atoms with van der Waals surface area (Å²) in [4.78, 5) is 4.58. The van der Waals surface area contributed by atoms with Crippen LogP contribution in [0.25, 0.3) is 0 Å². The molecule has 3 nitrogen and oxygen atoms in total. The molecule has 0 radical (unpaired) electrons. The van der Waals surface area contributed by atoms with Gasteiger partial charge in [-0.3, -0.25) is 5.10 Å². The normalized spacial score (nSPS) is 26.8. The van der Waals surface area contributed by atoms with E-state index < -0.39 is 0 Å². The Hall–Kier alpha value is -0.860. The minimum Gasteiger partial charge on any atom is -0.263 e. The number of aromatic nitrogens is 3. The van der Waals surface area contributed by atoms with E-state index >= 15 is 0 Å². The van der Waals surface area contributed by atoms with Gasteiger partial charge in [0, 0.05) is 12.3 Å². The average molecular weight is 207 g/mol. The number of aromatic amines is 1. The van der Waals surface area contributed by atoms with E-state index in [0.29, 0.717) is 5.92 Å². The maximum atomic E-state index is 4.58. The van der Waals surface area contributed by atoms with Crippen LogP contribution < -0.4 is 0 Å². The van der Waals surface area contributed by atoms with Crippen molar-refractivity contribution >= 4 is 0 Å². The molecule has 2 rings (SSSR count). The van der Waals surface area contributed by atoms with Crippen molar-refractivity contribution in [3.63, 3.8) is 0 Å². The summed E-state index contributed by atoms with van der Waals surface area (Å²) in [6, 6.07) is 0. The summed E-state index contributed by atoms with van der Waals surface area (Å²) in [7, 11) is 0. The van der Waals surface area contributed by atoms with Crippen LogP contribution in [0.3, 0.4) is 0 Å². The lowest BCUT2D eigenvalue weighted by Gasteiger charge is -2.23. The van der Waals surface area contributed by atoms with Gasteiger partial charge in [-0.15, -0.1) is 0 Å². The predicted octanol–water partition coefficient (Wildman–Crippen LogP) is 3.05. The van der Waals surface area contributed by atoms with Crippen molar-refractivity contribution in [2.75, 3.05) is 0 Å². The molecule has 0 unspecified atom stereocenters. The summed E-state index contributed by atoms with van der Waals surface area (Å²) in [5, 5.41) is 7.40. The number of nitrogens with zero attached hydrogens (tertiary/aromatic N) is 2. The molecule has 84 valence electrons. The minimum atomic E-state index is 0.614. The molecule has 1 aliphatic rings. The van der Waals surface area contributed by atoms with Gasteiger partial charge in [0.2, 0.25) is 0 Å². The van der Waals surface area contributed by atoms with Crippen LogP contribution in [0.1, 0.15) is 63.5 Å². The van der Waals surface area contributed by atoms with E-state index in [-0.39, 0.29) is 0 Å². The Morgan fingerprint density at radius 1 is 1.27 bits per heavy atom. The fourth-order valence-electron chi connectivity index (χ4n) is 2.36. The van der Waals surface area contributed by atoms with Crippen molar-refractivity contribution in [2.45, 2.75) is 58.3 Å². The van der Waals surface area contributed by atoms with Crippen LogP contribution in [0.15, 0.2) is 0 Å². The maximum absolute atomic E-state index is 4.58. The fraction of sp³-hybridized carbons (Fsp3) is 0.833. The maximum Gasteiger partial charge on any atom is 0.153 e. The third kappa shape index (κ3) is 2.58. The molecule has 0 aromatic carbocycles. The summed E-state index contributed by atoms with van der Waals surface area (Å²) in [6.45, 7) is 4.52. The highest BCUT2D eigenvalue weighted by Crippen LogP contribution is 2.33. The molecule has 0 saturated heterocycles. The molecule has 1 heterocycles. The molecular weight excluding hydrogens is 186 g/mol. The second-order valence-corrected chi connectivity index (χ2v) is 4.85. The lowest BCUT2D eigenvalue weighted by atomic mass is 9.83. The third-order valence-corrected chi connectivity index (χ3v) is 3.42. The SMILES string of the molecule is CCCc1nc(C2CCC(C)CC2)n[nH]1. The molecule has 3 heteroatoms. The quantitative estimate of drug-likeness (QED) is 0.827. The molecule has 15 heavy (non-hydrogen) atoms. The Morgan fingerprint density at radius 3 is 2.67 bits per heavy atom. The Balaban J connectivity index is 1.96. The average Bonchev–Trinajstić information content (AvgIpc) is 2.68. The third-order valence-electron chi connectivity index (χ3n) is 3.42. The first-order valence-electron chi connectivity index (χ1n) is 6.20. The van der Waals surface area contributed by atoms with Gasteiger partial charge < -0.3 is 0 Å². The van der Waals surface area contributed by atoms with Gasteiger partial charge >= 0.3 is 0 Å². The lowest BCUT2D eigenvalue weighted by molar-refractivity contribution is 0.340. The van der Waals surface area contributed by atoms with E-state index in [1.165, 1.54) is 25.7 Å². The zero-order valence-corrected chi connectivity index (χ0v) is 9.79. The molecule has 1 aromatic heterocycles. The van der Waals surface area contributed by atoms with E-state index in [1.54, 1.807) is 0 Å². The number of hydrogen-bond donors (Lipinski definition) is 1. The van der Waals surface area contributed by atoms with Gasteiger partial charge in [-0.1, -0.05) is 26.7 Å². The first-order chi connectivity index (χ1) is 7.29. The zero-order valence-electron chi connectivity index (χ0n) is 9.79. The van der Waals surface area contributed by atoms with Crippen LogP contribution in [0, 0.1) is 5.92 Å². The molecule has 0 spiro atoms. The van der Waals surface area contributed by atoms with Gasteiger partial charge in [0.25, 0.3) is 0 Å². The van der Waals surface area contributed by atoms with Crippen LogP contribution >= 0.6 is 0 Å². The van der Waals surface area contributed by atoms with Crippen molar-refractivity contribution < 1.29 is 0 Å². The summed E-state index contributed by atoms with van der Waals surface area (Å²) in [5.41, 5.74) is 0. The van der Waals surface area contributed by atoms with Gasteiger partial charge in [-0.25, -0.2) is 4.98 Å². The van der Waals surface area contributed by atoms with Crippen molar-refractivity contribution in [2.24, 2.45) is 5.92 Å². The van der Waals surface area contributed by atoms with E-state index in [2.05, 4.69) is 29.0 Å². The van der Waals surface area contributed by atoms with E-state index in [9.17, 15) is 0 Å². The summed E-state index contributed by atoms with van der Waals surface area (Å²) in [5.74, 6) is 3.63. The van der Waals surface area contributed by atoms with Crippen molar-refractivity contribution in [3.05, 3.63) is 11.6 Å². The van der Waals surface area contributed by atoms with Crippen molar-refractivity contribution in [1.29, 1.82) is 0 Å². The largest absolute Gasteiger partial charge is 0.263 e. The number of hydrogen-bond acceptors (Lipinski definition) is 2. The smallest absolute Gasteiger partial charge is 0.153 e. The lowest BCUT2D eigenvalue weighted by Crippen LogP contribution is -2.12. The highest BCUT2D eigenvalue weighted by Gasteiger charge is 2.22. The number of nitrogens with one attached hydrogen (secondary N) is 1. The van der Waals surface area contributed by atoms with E-state index in [4.69, 9.17) is 0 Å². The predicted molar refractivity (Wildman–Crippen MR) is 60.8 cm³/mol. The number of rotatable bonds is 3. The van der Waals surface area contributed by atoms with Crippen LogP contribution in [-0.4, -0.2) is 15.2 Å². The van der Waals surface area contributed by atoms with Gasteiger partial charge in [-0.05, 0) is 25.2 Å². The van der Waals surface area contributed by atoms with Gasteiger partial charge in [0.15, 0.2) is 5.82 Å². The first kappa shape index (κ1) is 10.7. The first-order valence-corrected chi connectivity index (χ1v) is 6.20. The highest BCUT2D eigenvalue weighted by atomic mass is 15.2. The molecule has 1 aliphatic carbocycles. The Morgan fingerprint density at radius 2 is 2.00 bits per heavy atom. The van der Waals surface area contributed by atoms with Crippen LogP contribution in [0.4, 0.5) is 0 Å². The standard InChI is InChI=1S/C12H21N3/c1-3-4-11-13-12(15-14-11)10-7-5-9(2)6-8-10/h9-10H,3-8H2,1-2H3,(H,13,14,15). The van der Waals surface area contributed by atoms with Gasteiger partial charge in [0.1, 0.15) is 5.82 Å². The Kier molecular flexibility index (Phi) is 3.39. The number of aryl methyl sites for hydroxylation is 1.